The number of Topliss-reactive ketones (excluding diaryl/α,β-unsaturated/α-hetero) is 1. The van der Waals surface area contributed by atoms with Gasteiger partial charge in [0.25, 0.3) is 0 Å². The summed E-state index contributed by atoms with van der Waals surface area (Å²) in [5.74, 6) is 0.485. The van der Waals surface area contributed by atoms with Crippen molar-refractivity contribution in [3.8, 4) is 0 Å². The van der Waals surface area contributed by atoms with E-state index < -0.39 is 0 Å². The van der Waals surface area contributed by atoms with E-state index in [9.17, 15) is 4.79 Å². The molecule has 26 heavy (non-hydrogen) atoms. The summed E-state index contributed by atoms with van der Waals surface area (Å²) in [4.78, 5) is 15.2. The van der Waals surface area contributed by atoms with Crippen molar-refractivity contribution in [2.45, 2.75) is 32.1 Å². The summed E-state index contributed by atoms with van der Waals surface area (Å²) in [6.45, 7) is 6.52. The second kappa shape index (κ2) is 10.2. The van der Waals surface area contributed by atoms with Gasteiger partial charge in [0.05, 0.1) is 6.61 Å². The van der Waals surface area contributed by atoms with Gasteiger partial charge in [0.1, 0.15) is 0 Å². The molecule has 0 aliphatic heterocycles. The Morgan fingerprint density at radius 1 is 0.923 bits per heavy atom. The number of carbonyl (C=O) groups excluding carboxylic acids is 1. The minimum atomic E-state index is -0.169. The lowest BCUT2D eigenvalue weighted by Gasteiger charge is -2.18. The normalized spacial score (nSPS) is 12.5. The SMILES string of the molecule is CC(C)c1ccc(C(CCOCCN(C)C)C(=O)c2ccccc2)cc1. The molecule has 0 aliphatic carbocycles. The molecule has 0 bridgehead atoms. The van der Waals surface area contributed by atoms with Crippen LogP contribution >= 0.6 is 0 Å². The van der Waals surface area contributed by atoms with Crippen LogP contribution in [-0.4, -0.2) is 44.5 Å². The lowest BCUT2D eigenvalue weighted by atomic mass is 9.87. The summed E-state index contributed by atoms with van der Waals surface area (Å²) in [6, 6.07) is 18.0. The summed E-state index contributed by atoms with van der Waals surface area (Å²) >= 11 is 0. The van der Waals surface area contributed by atoms with E-state index in [1.165, 1.54) is 5.56 Å². The van der Waals surface area contributed by atoms with Gasteiger partial charge < -0.3 is 9.64 Å². The first kappa shape index (κ1) is 20.3. The Hall–Kier alpha value is -1.97. The van der Waals surface area contributed by atoms with Crippen molar-refractivity contribution in [1.29, 1.82) is 0 Å². The fourth-order valence-corrected chi connectivity index (χ4v) is 2.92. The molecule has 0 amide bonds. The van der Waals surface area contributed by atoms with Crippen LogP contribution < -0.4 is 0 Å². The van der Waals surface area contributed by atoms with Crippen LogP contribution in [0.15, 0.2) is 54.6 Å². The molecule has 1 atom stereocenters. The molecule has 0 aliphatic rings. The Bertz CT molecular complexity index is 662. The van der Waals surface area contributed by atoms with Gasteiger partial charge in [-0.05, 0) is 37.6 Å². The number of rotatable bonds is 10. The highest BCUT2D eigenvalue weighted by molar-refractivity contribution is 6.00. The highest BCUT2D eigenvalue weighted by Crippen LogP contribution is 2.26. The zero-order chi connectivity index (χ0) is 18.9. The fraction of sp³-hybridized carbons (Fsp3) is 0.435. The number of likely N-dealkylation sites (N-methyl/N-ethyl adjacent to an activating group) is 1. The van der Waals surface area contributed by atoms with Crippen LogP contribution in [0.2, 0.25) is 0 Å². The third-order valence-electron chi connectivity index (χ3n) is 4.61. The number of hydrogen-bond acceptors (Lipinski definition) is 3. The molecule has 140 valence electrons. The first-order chi connectivity index (χ1) is 12.5. The molecule has 0 radical (unpaired) electrons. The molecule has 0 heterocycles. The van der Waals surface area contributed by atoms with Crippen molar-refractivity contribution < 1.29 is 9.53 Å². The number of benzene rings is 2. The van der Waals surface area contributed by atoms with Crippen molar-refractivity contribution in [3.05, 3.63) is 71.3 Å². The van der Waals surface area contributed by atoms with E-state index in [1.807, 2.05) is 44.4 Å². The number of ketones is 1. The molecule has 3 heteroatoms. The van der Waals surface area contributed by atoms with Crippen molar-refractivity contribution in [2.24, 2.45) is 0 Å². The maximum absolute atomic E-state index is 13.1. The molecule has 3 nitrogen and oxygen atoms in total. The Labute approximate surface area is 158 Å². The second-order valence-electron chi connectivity index (χ2n) is 7.31. The third-order valence-corrected chi connectivity index (χ3v) is 4.61. The molecule has 0 N–H and O–H groups in total. The lowest BCUT2D eigenvalue weighted by Crippen LogP contribution is -2.20. The predicted molar refractivity (Wildman–Crippen MR) is 108 cm³/mol. The Morgan fingerprint density at radius 2 is 1.54 bits per heavy atom. The van der Waals surface area contributed by atoms with Crippen LogP contribution in [0.25, 0.3) is 0 Å². The zero-order valence-corrected chi connectivity index (χ0v) is 16.4. The van der Waals surface area contributed by atoms with Crippen LogP contribution in [-0.2, 0) is 4.74 Å². The summed E-state index contributed by atoms with van der Waals surface area (Å²) in [5.41, 5.74) is 3.13. The van der Waals surface area contributed by atoms with Gasteiger partial charge in [-0.15, -0.1) is 0 Å². The summed E-state index contributed by atoms with van der Waals surface area (Å²) in [6.07, 6.45) is 0.697. The average molecular weight is 354 g/mol. The van der Waals surface area contributed by atoms with Gasteiger partial charge in [0.2, 0.25) is 0 Å². The van der Waals surface area contributed by atoms with Gasteiger partial charge in [0, 0.05) is 24.6 Å². The standard InChI is InChI=1S/C23H31NO2/c1-18(2)19-10-12-20(13-11-19)22(14-16-26-17-15-24(3)4)23(25)21-8-6-5-7-9-21/h5-13,18,22H,14-17H2,1-4H3. The average Bonchev–Trinajstić information content (AvgIpc) is 2.65. The number of nitrogens with zero attached hydrogens (tertiary/aromatic N) is 1. The topological polar surface area (TPSA) is 29.5 Å². The van der Waals surface area contributed by atoms with E-state index >= 15 is 0 Å². The van der Waals surface area contributed by atoms with E-state index in [1.54, 1.807) is 0 Å². The van der Waals surface area contributed by atoms with Gasteiger partial charge in [0.15, 0.2) is 5.78 Å². The molecule has 0 fully saturated rings. The van der Waals surface area contributed by atoms with E-state index in [-0.39, 0.29) is 11.7 Å². The quantitative estimate of drug-likeness (QED) is 0.456. The molecule has 2 aromatic rings. The first-order valence-electron chi connectivity index (χ1n) is 9.40. The molecule has 0 saturated carbocycles. The van der Waals surface area contributed by atoms with Gasteiger partial charge in [-0.3, -0.25) is 4.79 Å². The van der Waals surface area contributed by atoms with Gasteiger partial charge >= 0.3 is 0 Å². The monoisotopic (exact) mass is 353 g/mol. The van der Waals surface area contributed by atoms with Gasteiger partial charge in [-0.1, -0.05) is 68.4 Å². The predicted octanol–water partition coefficient (Wildman–Crippen LogP) is 4.74. The van der Waals surface area contributed by atoms with Crippen LogP contribution in [0.5, 0.6) is 0 Å². The minimum absolute atomic E-state index is 0.166. The van der Waals surface area contributed by atoms with E-state index in [0.29, 0.717) is 25.6 Å². The van der Waals surface area contributed by atoms with Crippen molar-refractivity contribution in [2.75, 3.05) is 33.9 Å². The molecular formula is C23H31NO2. The molecule has 2 aromatic carbocycles. The maximum Gasteiger partial charge on any atom is 0.170 e. The van der Waals surface area contributed by atoms with Crippen LogP contribution in [0.1, 0.15) is 53.6 Å². The molecular weight excluding hydrogens is 322 g/mol. The summed E-state index contributed by atoms with van der Waals surface area (Å²) in [7, 11) is 4.06. The number of hydrogen-bond donors (Lipinski definition) is 0. The van der Waals surface area contributed by atoms with Crippen LogP contribution in [0.3, 0.4) is 0 Å². The first-order valence-corrected chi connectivity index (χ1v) is 9.40. The van der Waals surface area contributed by atoms with Gasteiger partial charge in [-0.25, -0.2) is 0 Å². The molecule has 1 unspecified atom stereocenters. The summed E-state index contributed by atoms with van der Waals surface area (Å²) < 4.78 is 5.75. The molecule has 2 rings (SSSR count). The smallest absolute Gasteiger partial charge is 0.170 e. The second-order valence-corrected chi connectivity index (χ2v) is 7.31. The van der Waals surface area contributed by atoms with Crippen molar-refractivity contribution >= 4 is 5.78 Å². The zero-order valence-electron chi connectivity index (χ0n) is 16.4. The van der Waals surface area contributed by atoms with E-state index in [2.05, 4.69) is 43.0 Å². The highest BCUT2D eigenvalue weighted by Gasteiger charge is 2.22. The number of carbonyl (C=O) groups is 1. The minimum Gasteiger partial charge on any atom is -0.380 e. The summed E-state index contributed by atoms with van der Waals surface area (Å²) in [5, 5.41) is 0. The fourth-order valence-electron chi connectivity index (χ4n) is 2.92. The van der Waals surface area contributed by atoms with Crippen LogP contribution in [0, 0.1) is 0 Å². The van der Waals surface area contributed by atoms with E-state index in [0.717, 1.165) is 17.7 Å². The van der Waals surface area contributed by atoms with Crippen molar-refractivity contribution in [3.63, 3.8) is 0 Å². The Kier molecular flexibility index (Phi) is 8.02. The molecule has 0 saturated heterocycles. The maximum atomic E-state index is 13.1. The van der Waals surface area contributed by atoms with E-state index in [4.69, 9.17) is 4.74 Å². The lowest BCUT2D eigenvalue weighted by molar-refractivity contribution is 0.0878. The highest BCUT2D eigenvalue weighted by atomic mass is 16.5. The molecule has 0 spiro atoms. The molecule has 0 aromatic heterocycles. The Balaban J connectivity index is 2.11. The third kappa shape index (κ3) is 6.08. The number of ether oxygens (including phenoxy) is 1. The Morgan fingerprint density at radius 3 is 2.12 bits per heavy atom. The largest absolute Gasteiger partial charge is 0.380 e. The van der Waals surface area contributed by atoms with Crippen LogP contribution in [0.4, 0.5) is 0 Å². The van der Waals surface area contributed by atoms with Gasteiger partial charge in [-0.2, -0.15) is 0 Å². The van der Waals surface area contributed by atoms with Crippen molar-refractivity contribution in [1.82, 2.24) is 4.90 Å².